The van der Waals surface area contributed by atoms with Crippen LogP contribution in [0.3, 0.4) is 0 Å². The van der Waals surface area contributed by atoms with Crippen molar-refractivity contribution in [3.63, 3.8) is 0 Å². The molecule has 3 rings (SSSR count). The van der Waals surface area contributed by atoms with Gasteiger partial charge in [0, 0.05) is 0 Å². The minimum absolute atomic E-state index is 0.0101. The first-order valence-corrected chi connectivity index (χ1v) is 7.57. The van der Waals surface area contributed by atoms with E-state index in [1.807, 2.05) is 37.4 Å². The third kappa shape index (κ3) is 2.62. The molecule has 0 aliphatic rings. The van der Waals surface area contributed by atoms with Crippen LogP contribution < -0.4 is 11.1 Å². The van der Waals surface area contributed by atoms with Gasteiger partial charge in [0.05, 0.1) is 11.4 Å². The maximum atomic E-state index is 12.4. The first-order chi connectivity index (χ1) is 10.6. The number of nitrogens with two attached hydrogens (primary N) is 1. The molecule has 0 unspecified atom stereocenters. The highest BCUT2D eigenvalue weighted by atomic mass is 32.1. The third-order valence-corrected chi connectivity index (χ3v) is 4.27. The molecule has 114 valence electrons. The first-order valence-electron chi connectivity index (χ1n) is 6.69. The van der Waals surface area contributed by atoms with Crippen molar-refractivity contribution >= 4 is 23.1 Å². The second-order valence-corrected chi connectivity index (χ2v) is 5.81. The van der Waals surface area contributed by atoms with Gasteiger partial charge in [0.15, 0.2) is 0 Å². The Labute approximate surface area is 130 Å². The number of furan rings is 1. The number of nitrogens with zero attached hydrogens (tertiary/aromatic N) is 1. The van der Waals surface area contributed by atoms with Crippen molar-refractivity contribution in [2.75, 3.05) is 5.73 Å². The van der Waals surface area contributed by atoms with Gasteiger partial charge in [-0.15, -0.1) is 11.3 Å². The van der Waals surface area contributed by atoms with Crippen LogP contribution in [0.5, 0.6) is 0 Å². The summed E-state index contributed by atoms with van der Waals surface area (Å²) in [7, 11) is 0. The van der Waals surface area contributed by atoms with Gasteiger partial charge in [-0.25, -0.2) is 0 Å². The standard InChI is InChI=1S/C15H15N3O3S/c1-8-5-6-22-13(8)12-11(14(16)21-18-12)15(19)17-7-10-4-3-9(2)20-10/h3-6H,7,16H2,1-2H3,(H,17,19). The SMILES string of the molecule is Cc1ccc(CNC(=O)c2c(-c3sccc3C)noc2N)o1. The van der Waals surface area contributed by atoms with E-state index in [4.69, 9.17) is 14.7 Å². The second-order valence-electron chi connectivity index (χ2n) is 4.90. The number of anilines is 1. The van der Waals surface area contributed by atoms with E-state index in [0.717, 1.165) is 16.2 Å². The highest BCUT2D eigenvalue weighted by molar-refractivity contribution is 7.13. The molecule has 0 saturated carbocycles. The molecule has 0 bridgehead atoms. The van der Waals surface area contributed by atoms with E-state index >= 15 is 0 Å². The molecule has 0 spiro atoms. The van der Waals surface area contributed by atoms with Crippen LogP contribution in [-0.4, -0.2) is 11.1 Å². The van der Waals surface area contributed by atoms with Gasteiger partial charge in [0.1, 0.15) is 22.8 Å². The molecule has 0 aliphatic heterocycles. The zero-order chi connectivity index (χ0) is 15.7. The largest absolute Gasteiger partial charge is 0.465 e. The Balaban J connectivity index is 1.83. The summed E-state index contributed by atoms with van der Waals surface area (Å²) in [6, 6.07) is 5.62. The maximum absolute atomic E-state index is 12.4. The van der Waals surface area contributed by atoms with Crippen LogP contribution in [0, 0.1) is 13.8 Å². The van der Waals surface area contributed by atoms with E-state index in [-0.39, 0.29) is 23.9 Å². The molecule has 3 aromatic heterocycles. The van der Waals surface area contributed by atoms with E-state index in [0.29, 0.717) is 11.5 Å². The minimum atomic E-state index is -0.337. The average molecular weight is 317 g/mol. The fourth-order valence-electron chi connectivity index (χ4n) is 2.13. The number of carbonyl (C=O) groups excluding carboxylic acids is 1. The molecule has 3 aromatic rings. The predicted octanol–water partition coefficient (Wildman–Crippen LogP) is 3.13. The normalized spacial score (nSPS) is 10.8. The second kappa shape index (κ2) is 5.69. The fourth-order valence-corrected chi connectivity index (χ4v) is 3.04. The molecule has 0 saturated heterocycles. The number of thiophene rings is 1. The molecule has 0 radical (unpaired) electrons. The lowest BCUT2D eigenvalue weighted by atomic mass is 10.1. The smallest absolute Gasteiger partial charge is 0.259 e. The molecule has 0 fully saturated rings. The molecule has 3 heterocycles. The van der Waals surface area contributed by atoms with Crippen LogP contribution in [0.25, 0.3) is 10.6 Å². The Bertz CT molecular complexity index is 816. The van der Waals surface area contributed by atoms with E-state index in [1.54, 1.807) is 0 Å². The quantitative estimate of drug-likeness (QED) is 0.771. The molecule has 0 atom stereocenters. The fraction of sp³-hybridized carbons (Fsp3) is 0.200. The van der Waals surface area contributed by atoms with Crippen LogP contribution in [0.15, 0.2) is 32.5 Å². The molecule has 7 heteroatoms. The number of hydrogen-bond donors (Lipinski definition) is 2. The number of nitrogens with one attached hydrogen (secondary N) is 1. The zero-order valence-corrected chi connectivity index (χ0v) is 13.0. The molecule has 22 heavy (non-hydrogen) atoms. The Morgan fingerprint density at radius 3 is 2.82 bits per heavy atom. The van der Waals surface area contributed by atoms with Gasteiger partial charge < -0.3 is 20.0 Å². The summed E-state index contributed by atoms with van der Waals surface area (Å²) in [5, 5.41) is 8.63. The molecular weight excluding hydrogens is 302 g/mol. The van der Waals surface area contributed by atoms with Crippen LogP contribution in [-0.2, 0) is 6.54 Å². The zero-order valence-electron chi connectivity index (χ0n) is 12.2. The van der Waals surface area contributed by atoms with Gasteiger partial charge >= 0.3 is 0 Å². The highest BCUT2D eigenvalue weighted by Crippen LogP contribution is 2.33. The third-order valence-electron chi connectivity index (χ3n) is 3.24. The molecule has 1 amide bonds. The van der Waals surface area contributed by atoms with Gasteiger partial charge in [0.2, 0.25) is 5.88 Å². The van der Waals surface area contributed by atoms with Crippen molar-refractivity contribution in [1.82, 2.24) is 10.5 Å². The van der Waals surface area contributed by atoms with Crippen molar-refractivity contribution in [2.24, 2.45) is 0 Å². The lowest BCUT2D eigenvalue weighted by Crippen LogP contribution is -2.23. The Morgan fingerprint density at radius 2 is 2.18 bits per heavy atom. The van der Waals surface area contributed by atoms with Gasteiger partial charge in [-0.3, -0.25) is 4.79 Å². The van der Waals surface area contributed by atoms with Crippen molar-refractivity contribution in [3.05, 3.63) is 46.2 Å². The van der Waals surface area contributed by atoms with Crippen molar-refractivity contribution in [3.8, 4) is 10.6 Å². The molecule has 0 aliphatic carbocycles. The Hall–Kier alpha value is -2.54. The van der Waals surface area contributed by atoms with Crippen LogP contribution >= 0.6 is 11.3 Å². The number of rotatable bonds is 4. The summed E-state index contributed by atoms with van der Waals surface area (Å²) in [5.74, 6) is 1.14. The van der Waals surface area contributed by atoms with Gasteiger partial charge in [-0.2, -0.15) is 0 Å². The van der Waals surface area contributed by atoms with E-state index in [2.05, 4.69) is 10.5 Å². The summed E-state index contributed by atoms with van der Waals surface area (Å²) in [4.78, 5) is 13.3. The van der Waals surface area contributed by atoms with Crippen molar-refractivity contribution in [2.45, 2.75) is 20.4 Å². The van der Waals surface area contributed by atoms with E-state index in [9.17, 15) is 4.79 Å². The lowest BCUT2D eigenvalue weighted by molar-refractivity contribution is 0.0949. The van der Waals surface area contributed by atoms with Gasteiger partial charge in [-0.05, 0) is 43.0 Å². The number of nitrogen functional groups attached to an aromatic ring is 1. The summed E-state index contributed by atoms with van der Waals surface area (Å²) in [6.45, 7) is 4.07. The van der Waals surface area contributed by atoms with E-state index < -0.39 is 0 Å². The Kier molecular flexibility index (Phi) is 3.72. The summed E-state index contributed by atoms with van der Waals surface area (Å²) >= 11 is 1.49. The topological polar surface area (TPSA) is 94.3 Å². The monoisotopic (exact) mass is 317 g/mol. The van der Waals surface area contributed by atoms with Crippen molar-refractivity contribution in [1.29, 1.82) is 0 Å². The van der Waals surface area contributed by atoms with Gasteiger partial charge in [-0.1, -0.05) is 5.16 Å². The van der Waals surface area contributed by atoms with Crippen LogP contribution in [0.1, 0.15) is 27.4 Å². The number of aryl methyl sites for hydroxylation is 2. The maximum Gasteiger partial charge on any atom is 0.259 e. The average Bonchev–Trinajstić information content (AvgIpc) is 3.17. The summed E-state index contributed by atoms with van der Waals surface area (Å²) < 4.78 is 10.4. The summed E-state index contributed by atoms with van der Waals surface area (Å²) in [6.07, 6.45) is 0. The minimum Gasteiger partial charge on any atom is -0.465 e. The number of aromatic nitrogens is 1. The Morgan fingerprint density at radius 1 is 1.36 bits per heavy atom. The molecular formula is C15H15N3O3S. The number of hydrogen-bond acceptors (Lipinski definition) is 6. The van der Waals surface area contributed by atoms with Crippen LogP contribution in [0.4, 0.5) is 5.88 Å². The van der Waals surface area contributed by atoms with E-state index in [1.165, 1.54) is 11.3 Å². The van der Waals surface area contributed by atoms with Crippen LogP contribution in [0.2, 0.25) is 0 Å². The molecule has 0 aromatic carbocycles. The first kappa shape index (κ1) is 14.4. The molecule has 6 nitrogen and oxygen atoms in total. The van der Waals surface area contributed by atoms with Gasteiger partial charge in [0.25, 0.3) is 5.91 Å². The lowest BCUT2D eigenvalue weighted by Gasteiger charge is -2.03. The predicted molar refractivity (Wildman–Crippen MR) is 83.6 cm³/mol. The summed E-state index contributed by atoms with van der Waals surface area (Å²) in [5.41, 5.74) is 7.51. The highest BCUT2D eigenvalue weighted by Gasteiger charge is 2.24. The van der Waals surface area contributed by atoms with Crippen molar-refractivity contribution < 1.29 is 13.7 Å². The number of amides is 1. The molecule has 3 N–H and O–H groups in total. The number of carbonyl (C=O) groups is 1.